The number of ether oxygens (including phenoxy) is 1. The topological polar surface area (TPSA) is 47.0 Å². The van der Waals surface area contributed by atoms with Crippen LogP contribution in [0.2, 0.25) is 0 Å². The quantitative estimate of drug-likeness (QED) is 0.720. The van der Waals surface area contributed by atoms with Crippen LogP contribution in [-0.4, -0.2) is 30.4 Å². The van der Waals surface area contributed by atoms with Gasteiger partial charge in [0.2, 0.25) is 0 Å². The van der Waals surface area contributed by atoms with Crippen LogP contribution >= 0.6 is 11.3 Å². The number of aromatic nitrogens is 2. The van der Waals surface area contributed by atoms with Crippen molar-refractivity contribution < 1.29 is 4.74 Å². The second kappa shape index (κ2) is 8.74. The van der Waals surface area contributed by atoms with Crippen molar-refractivity contribution in [2.24, 2.45) is 0 Å². The first-order valence-corrected chi connectivity index (χ1v) is 8.35. The van der Waals surface area contributed by atoms with Crippen LogP contribution in [-0.2, 0) is 6.42 Å². The Hall–Kier alpha value is -1.46. The molecule has 0 fully saturated rings. The lowest BCUT2D eigenvalue weighted by Gasteiger charge is -2.05. The molecule has 5 heteroatoms. The molecule has 0 spiro atoms. The SMILES string of the molecule is CCCCOc1ccc(-c2nnc(CCCNC)s2)cc1. The third kappa shape index (κ3) is 5.10. The van der Waals surface area contributed by atoms with Gasteiger partial charge < -0.3 is 10.1 Å². The number of aryl methyl sites for hydroxylation is 1. The number of hydrogen-bond acceptors (Lipinski definition) is 5. The van der Waals surface area contributed by atoms with Gasteiger partial charge in [0.15, 0.2) is 0 Å². The number of benzene rings is 1. The summed E-state index contributed by atoms with van der Waals surface area (Å²) in [7, 11) is 1.97. The molecule has 21 heavy (non-hydrogen) atoms. The summed E-state index contributed by atoms with van der Waals surface area (Å²) in [4.78, 5) is 0. The van der Waals surface area contributed by atoms with Crippen LogP contribution in [0.4, 0.5) is 0 Å². The van der Waals surface area contributed by atoms with E-state index in [2.05, 4.69) is 34.6 Å². The summed E-state index contributed by atoms with van der Waals surface area (Å²) in [6.45, 7) is 3.96. The van der Waals surface area contributed by atoms with E-state index >= 15 is 0 Å². The summed E-state index contributed by atoms with van der Waals surface area (Å²) < 4.78 is 5.67. The molecule has 2 aromatic rings. The van der Waals surface area contributed by atoms with Crippen LogP contribution in [0.15, 0.2) is 24.3 Å². The highest BCUT2D eigenvalue weighted by molar-refractivity contribution is 7.14. The summed E-state index contributed by atoms with van der Waals surface area (Å²) in [5.74, 6) is 0.922. The minimum atomic E-state index is 0.782. The molecule has 1 aromatic carbocycles. The van der Waals surface area contributed by atoms with E-state index in [0.717, 1.165) is 60.2 Å². The molecule has 0 saturated heterocycles. The van der Waals surface area contributed by atoms with Crippen LogP contribution < -0.4 is 10.1 Å². The van der Waals surface area contributed by atoms with Crippen molar-refractivity contribution >= 4 is 11.3 Å². The van der Waals surface area contributed by atoms with Crippen LogP contribution in [0.1, 0.15) is 31.2 Å². The zero-order valence-electron chi connectivity index (χ0n) is 12.8. The summed E-state index contributed by atoms with van der Waals surface area (Å²) in [5.41, 5.74) is 1.11. The second-order valence-electron chi connectivity index (χ2n) is 4.93. The van der Waals surface area contributed by atoms with Gasteiger partial charge in [-0.2, -0.15) is 0 Å². The number of rotatable bonds is 9. The van der Waals surface area contributed by atoms with E-state index in [1.54, 1.807) is 11.3 Å². The summed E-state index contributed by atoms with van der Waals surface area (Å²) in [6, 6.07) is 8.12. The molecule has 0 saturated carbocycles. The molecule has 0 radical (unpaired) electrons. The predicted molar refractivity (Wildman–Crippen MR) is 88.0 cm³/mol. The standard InChI is InChI=1S/C16H23N3OS/c1-3-4-12-20-14-9-7-13(8-10-14)16-19-18-15(21-16)6-5-11-17-2/h7-10,17H,3-6,11-12H2,1-2H3. The van der Waals surface area contributed by atoms with Crippen LogP contribution in [0.5, 0.6) is 5.75 Å². The molecule has 0 unspecified atom stereocenters. The minimum Gasteiger partial charge on any atom is -0.494 e. The lowest BCUT2D eigenvalue weighted by molar-refractivity contribution is 0.309. The molecule has 0 atom stereocenters. The molecule has 0 aliphatic carbocycles. The molecular weight excluding hydrogens is 282 g/mol. The Morgan fingerprint density at radius 1 is 1.14 bits per heavy atom. The first kappa shape index (κ1) is 15.9. The number of unbranched alkanes of at least 4 members (excludes halogenated alkanes) is 1. The third-order valence-electron chi connectivity index (χ3n) is 3.15. The molecular formula is C16H23N3OS. The molecule has 114 valence electrons. The van der Waals surface area contributed by atoms with Crippen molar-refractivity contribution in [1.29, 1.82) is 0 Å². The average Bonchev–Trinajstić information content (AvgIpc) is 2.97. The zero-order valence-corrected chi connectivity index (χ0v) is 13.6. The fraction of sp³-hybridized carbons (Fsp3) is 0.500. The Labute approximate surface area is 130 Å². The summed E-state index contributed by atoms with van der Waals surface area (Å²) >= 11 is 1.67. The number of hydrogen-bond donors (Lipinski definition) is 1. The highest BCUT2D eigenvalue weighted by Crippen LogP contribution is 2.26. The van der Waals surface area contributed by atoms with Gasteiger partial charge >= 0.3 is 0 Å². The molecule has 2 rings (SSSR count). The van der Waals surface area contributed by atoms with Gasteiger partial charge in [-0.3, -0.25) is 0 Å². The summed E-state index contributed by atoms with van der Waals surface area (Å²) in [6.07, 6.45) is 4.32. The Morgan fingerprint density at radius 3 is 2.67 bits per heavy atom. The van der Waals surface area contributed by atoms with Gasteiger partial charge in [0, 0.05) is 12.0 Å². The third-order valence-corrected chi connectivity index (χ3v) is 4.18. The van der Waals surface area contributed by atoms with Crippen LogP contribution in [0, 0.1) is 0 Å². The molecule has 1 heterocycles. The maximum Gasteiger partial charge on any atom is 0.147 e. The van der Waals surface area contributed by atoms with Crippen molar-refractivity contribution in [3.05, 3.63) is 29.3 Å². The first-order valence-electron chi connectivity index (χ1n) is 7.53. The van der Waals surface area contributed by atoms with Gasteiger partial charge in [0.1, 0.15) is 15.8 Å². The highest BCUT2D eigenvalue weighted by atomic mass is 32.1. The minimum absolute atomic E-state index is 0.782. The number of nitrogens with one attached hydrogen (secondary N) is 1. The van der Waals surface area contributed by atoms with Crippen LogP contribution in [0.3, 0.4) is 0 Å². The van der Waals surface area contributed by atoms with Gasteiger partial charge in [-0.15, -0.1) is 10.2 Å². The molecule has 0 aliphatic heterocycles. The second-order valence-corrected chi connectivity index (χ2v) is 6.00. The van der Waals surface area contributed by atoms with E-state index in [9.17, 15) is 0 Å². The fourth-order valence-corrected chi connectivity index (χ4v) is 2.80. The van der Waals surface area contributed by atoms with E-state index in [0.29, 0.717) is 0 Å². The fourth-order valence-electron chi connectivity index (χ4n) is 1.92. The van der Waals surface area contributed by atoms with Gasteiger partial charge in [0.05, 0.1) is 6.61 Å². The lowest BCUT2D eigenvalue weighted by atomic mass is 10.2. The van der Waals surface area contributed by atoms with Crippen molar-refractivity contribution in [3.63, 3.8) is 0 Å². The summed E-state index contributed by atoms with van der Waals surface area (Å²) in [5, 5.41) is 13.8. The maximum absolute atomic E-state index is 5.67. The van der Waals surface area contributed by atoms with Gasteiger partial charge in [-0.25, -0.2) is 0 Å². The molecule has 1 N–H and O–H groups in total. The molecule has 4 nitrogen and oxygen atoms in total. The van der Waals surface area contributed by atoms with Crippen LogP contribution in [0.25, 0.3) is 10.6 Å². The Balaban J connectivity index is 1.92. The monoisotopic (exact) mass is 305 g/mol. The zero-order chi connectivity index (χ0) is 14.9. The largest absolute Gasteiger partial charge is 0.494 e. The van der Waals surface area contributed by atoms with E-state index in [1.165, 1.54) is 0 Å². The van der Waals surface area contributed by atoms with E-state index < -0.39 is 0 Å². The smallest absolute Gasteiger partial charge is 0.147 e. The molecule has 0 aliphatic rings. The van der Waals surface area contributed by atoms with E-state index in [-0.39, 0.29) is 0 Å². The van der Waals surface area contributed by atoms with Crippen molar-refractivity contribution in [2.45, 2.75) is 32.6 Å². The molecule has 0 amide bonds. The van der Waals surface area contributed by atoms with Crippen molar-refractivity contribution in [2.75, 3.05) is 20.2 Å². The predicted octanol–water partition coefficient (Wildman–Crippen LogP) is 3.54. The average molecular weight is 305 g/mol. The van der Waals surface area contributed by atoms with Crippen molar-refractivity contribution in [1.82, 2.24) is 15.5 Å². The van der Waals surface area contributed by atoms with Gasteiger partial charge in [0.25, 0.3) is 0 Å². The highest BCUT2D eigenvalue weighted by Gasteiger charge is 2.06. The van der Waals surface area contributed by atoms with Crippen molar-refractivity contribution in [3.8, 4) is 16.3 Å². The number of nitrogens with zero attached hydrogens (tertiary/aromatic N) is 2. The molecule has 1 aromatic heterocycles. The first-order chi connectivity index (χ1) is 10.3. The maximum atomic E-state index is 5.67. The molecule has 0 bridgehead atoms. The Kier molecular flexibility index (Phi) is 6.63. The normalized spacial score (nSPS) is 10.8. The van der Waals surface area contributed by atoms with Gasteiger partial charge in [-0.05, 0) is 50.7 Å². The Bertz CT molecular complexity index is 525. The lowest BCUT2D eigenvalue weighted by Crippen LogP contribution is -2.08. The van der Waals surface area contributed by atoms with Gasteiger partial charge in [-0.1, -0.05) is 24.7 Å². The van der Waals surface area contributed by atoms with E-state index in [1.807, 2.05) is 19.2 Å². The Morgan fingerprint density at radius 2 is 1.95 bits per heavy atom. The van der Waals surface area contributed by atoms with E-state index in [4.69, 9.17) is 4.74 Å².